The maximum absolute atomic E-state index is 10.6. The molecule has 0 bridgehead atoms. The van der Waals surface area contributed by atoms with E-state index in [2.05, 4.69) is 18.2 Å². The molecule has 2 aliphatic carbocycles. The maximum Gasteiger partial charge on any atom is 0.303 e. The van der Waals surface area contributed by atoms with Crippen molar-refractivity contribution in [2.75, 3.05) is 25.2 Å². The van der Waals surface area contributed by atoms with Gasteiger partial charge in [-0.3, -0.25) is 4.79 Å². The number of alkyl halides is 1. The Hall–Kier alpha value is -0.790. The summed E-state index contributed by atoms with van der Waals surface area (Å²) < 4.78 is 5.22. The number of aliphatic carboxylic acids is 1. The van der Waals surface area contributed by atoms with Crippen LogP contribution >= 0.6 is 23.4 Å². The van der Waals surface area contributed by atoms with Crippen LogP contribution in [0, 0.1) is 17.8 Å². The first-order valence-corrected chi connectivity index (χ1v) is 12.3. The topological polar surface area (TPSA) is 87.0 Å². The summed E-state index contributed by atoms with van der Waals surface area (Å²) in [5.74, 6) is 1.42. The third-order valence-electron chi connectivity index (χ3n) is 5.75. The molecule has 0 aromatic heterocycles. The average Bonchev–Trinajstić information content (AvgIpc) is 2.95. The van der Waals surface area contributed by atoms with Gasteiger partial charge in [0, 0.05) is 37.2 Å². The summed E-state index contributed by atoms with van der Waals surface area (Å²) in [4.78, 5) is 10.6. The average molecular weight is 459 g/mol. The Morgan fingerprint density at radius 3 is 2.97 bits per heavy atom. The standard InChI is InChI=1S/C23H35ClO5S/c1-29-15-17-5-2-4-16(12-17)13-18(25)7-8-20-19(21(24)14-22(20)26)9-11-30-10-3-6-23(27)28/h2,4,7-8,12,17-22,25-26H,3,5-6,9-11,13-15H2,1H3,(H,27,28)/b8-7+/t17?,18-,19-,20-,21?,22-/m1/s1. The van der Waals surface area contributed by atoms with Gasteiger partial charge in [0.25, 0.3) is 0 Å². The van der Waals surface area contributed by atoms with Crippen LogP contribution in [0.2, 0.25) is 0 Å². The summed E-state index contributed by atoms with van der Waals surface area (Å²) in [5.41, 5.74) is 1.11. The summed E-state index contributed by atoms with van der Waals surface area (Å²) in [5, 5.41) is 29.5. The largest absolute Gasteiger partial charge is 0.481 e. The lowest BCUT2D eigenvalue weighted by Crippen LogP contribution is -2.20. The van der Waals surface area contributed by atoms with Gasteiger partial charge in [-0.2, -0.15) is 11.8 Å². The van der Waals surface area contributed by atoms with Crippen molar-refractivity contribution < 1.29 is 24.9 Å². The molecule has 3 N–H and O–H groups in total. The van der Waals surface area contributed by atoms with Crippen molar-refractivity contribution in [2.45, 2.75) is 56.1 Å². The third kappa shape index (κ3) is 8.75. The lowest BCUT2D eigenvalue weighted by molar-refractivity contribution is -0.137. The number of hydrogen-bond acceptors (Lipinski definition) is 5. The number of carbonyl (C=O) groups is 1. The van der Waals surface area contributed by atoms with Gasteiger partial charge >= 0.3 is 5.97 Å². The zero-order chi connectivity index (χ0) is 21.9. The number of ether oxygens (including phenoxy) is 1. The molecule has 0 amide bonds. The molecule has 2 unspecified atom stereocenters. The molecular weight excluding hydrogens is 424 g/mol. The molecule has 5 nitrogen and oxygen atoms in total. The van der Waals surface area contributed by atoms with E-state index in [1.54, 1.807) is 24.9 Å². The smallest absolute Gasteiger partial charge is 0.303 e. The first-order valence-electron chi connectivity index (χ1n) is 10.7. The minimum Gasteiger partial charge on any atom is -0.481 e. The lowest BCUT2D eigenvalue weighted by Gasteiger charge is -2.21. The molecule has 7 heteroatoms. The second kappa shape index (κ2) is 13.6. The lowest BCUT2D eigenvalue weighted by atomic mass is 9.90. The zero-order valence-electron chi connectivity index (χ0n) is 17.7. The molecule has 0 spiro atoms. The highest BCUT2D eigenvalue weighted by atomic mass is 35.5. The first-order chi connectivity index (χ1) is 14.4. The predicted molar refractivity (Wildman–Crippen MR) is 123 cm³/mol. The minimum absolute atomic E-state index is 0.0566. The van der Waals surface area contributed by atoms with Gasteiger partial charge in [0.15, 0.2) is 0 Å². The molecule has 0 aromatic carbocycles. The Labute approximate surface area is 189 Å². The quantitative estimate of drug-likeness (QED) is 0.219. The number of allylic oxidation sites excluding steroid dienone is 2. The van der Waals surface area contributed by atoms with Crippen LogP contribution in [0.25, 0.3) is 0 Å². The van der Waals surface area contributed by atoms with Gasteiger partial charge in [0.1, 0.15) is 0 Å². The number of carboxylic acid groups (broad SMARTS) is 1. The molecule has 0 radical (unpaired) electrons. The molecule has 0 saturated heterocycles. The number of halogens is 1. The molecule has 1 fully saturated rings. The fourth-order valence-corrected chi connectivity index (χ4v) is 5.70. The number of rotatable bonds is 13. The van der Waals surface area contributed by atoms with Gasteiger partial charge in [-0.25, -0.2) is 0 Å². The SMILES string of the molecule is COCC1C=C(C[C@H](O)/C=C/[C@H]2[C@H](O)CC(Cl)[C@@H]2CCSCCCC(=O)O)C=CC1. The molecule has 2 aliphatic rings. The Kier molecular flexibility index (Phi) is 11.5. The molecule has 30 heavy (non-hydrogen) atoms. The van der Waals surface area contributed by atoms with E-state index in [9.17, 15) is 15.0 Å². The Bertz CT molecular complexity index is 621. The van der Waals surface area contributed by atoms with E-state index in [0.717, 1.165) is 29.9 Å². The Morgan fingerprint density at radius 2 is 2.23 bits per heavy atom. The van der Waals surface area contributed by atoms with Crippen LogP contribution in [0.4, 0.5) is 0 Å². The van der Waals surface area contributed by atoms with E-state index < -0.39 is 18.2 Å². The van der Waals surface area contributed by atoms with Crippen LogP contribution < -0.4 is 0 Å². The Morgan fingerprint density at radius 1 is 1.43 bits per heavy atom. The highest BCUT2D eigenvalue weighted by molar-refractivity contribution is 7.99. The van der Waals surface area contributed by atoms with Crippen molar-refractivity contribution in [3.63, 3.8) is 0 Å². The van der Waals surface area contributed by atoms with Gasteiger partial charge in [-0.05, 0) is 48.7 Å². The van der Waals surface area contributed by atoms with Crippen LogP contribution in [-0.2, 0) is 9.53 Å². The van der Waals surface area contributed by atoms with E-state index in [4.69, 9.17) is 21.4 Å². The van der Waals surface area contributed by atoms with E-state index >= 15 is 0 Å². The highest BCUT2D eigenvalue weighted by Crippen LogP contribution is 2.40. The van der Waals surface area contributed by atoms with Crippen LogP contribution in [0.3, 0.4) is 0 Å². The number of carboxylic acids is 1. The Balaban J connectivity index is 1.82. The summed E-state index contributed by atoms with van der Waals surface area (Å²) in [6.07, 6.45) is 12.8. The van der Waals surface area contributed by atoms with Crippen molar-refractivity contribution >= 4 is 29.3 Å². The van der Waals surface area contributed by atoms with E-state index in [1.807, 2.05) is 6.08 Å². The zero-order valence-corrected chi connectivity index (χ0v) is 19.2. The normalized spacial score (nSPS) is 30.0. The molecule has 170 valence electrons. The van der Waals surface area contributed by atoms with Crippen molar-refractivity contribution in [2.24, 2.45) is 17.8 Å². The van der Waals surface area contributed by atoms with Crippen LogP contribution in [0.15, 0.2) is 36.0 Å². The number of thioether (sulfide) groups is 1. The molecule has 2 rings (SSSR count). The van der Waals surface area contributed by atoms with Crippen LogP contribution in [-0.4, -0.2) is 64.1 Å². The predicted octanol–water partition coefficient (Wildman–Crippen LogP) is 4.04. The van der Waals surface area contributed by atoms with Gasteiger partial charge < -0.3 is 20.1 Å². The van der Waals surface area contributed by atoms with Gasteiger partial charge in [0.05, 0.1) is 18.8 Å². The second-order valence-corrected chi connectivity index (χ2v) is 10.00. The first kappa shape index (κ1) is 25.5. The highest BCUT2D eigenvalue weighted by Gasteiger charge is 2.39. The summed E-state index contributed by atoms with van der Waals surface area (Å²) in [7, 11) is 1.70. The summed E-state index contributed by atoms with van der Waals surface area (Å²) >= 11 is 8.23. The van der Waals surface area contributed by atoms with Crippen molar-refractivity contribution in [1.29, 1.82) is 0 Å². The summed E-state index contributed by atoms with van der Waals surface area (Å²) in [6, 6.07) is 0. The third-order valence-corrected chi connectivity index (χ3v) is 7.35. The monoisotopic (exact) mass is 458 g/mol. The van der Waals surface area contributed by atoms with E-state index in [0.29, 0.717) is 31.8 Å². The van der Waals surface area contributed by atoms with Gasteiger partial charge in [-0.1, -0.05) is 30.4 Å². The van der Waals surface area contributed by atoms with Crippen molar-refractivity contribution in [1.82, 2.24) is 0 Å². The summed E-state index contributed by atoms with van der Waals surface area (Å²) in [6.45, 7) is 0.682. The van der Waals surface area contributed by atoms with E-state index in [1.165, 1.54) is 0 Å². The molecule has 0 aromatic rings. The maximum atomic E-state index is 10.6. The molecule has 1 saturated carbocycles. The van der Waals surface area contributed by atoms with Crippen LogP contribution in [0.1, 0.15) is 38.5 Å². The number of methoxy groups -OCH3 is 1. The fourth-order valence-electron chi connectivity index (χ4n) is 4.23. The molecule has 0 heterocycles. The van der Waals surface area contributed by atoms with Gasteiger partial charge in [-0.15, -0.1) is 11.6 Å². The number of aliphatic hydroxyl groups excluding tert-OH is 2. The van der Waals surface area contributed by atoms with Gasteiger partial charge in [0.2, 0.25) is 0 Å². The minimum atomic E-state index is -0.757. The van der Waals surface area contributed by atoms with Crippen molar-refractivity contribution in [3.8, 4) is 0 Å². The molecular formula is C23H35ClO5S. The fraction of sp³-hybridized carbons (Fsp3) is 0.696. The van der Waals surface area contributed by atoms with Crippen LogP contribution in [0.5, 0.6) is 0 Å². The number of hydrogen-bond donors (Lipinski definition) is 3. The second-order valence-electron chi connectivity index (χ2n) is 8.21. The molecule has 0 aliphatic heterocycles. The van der Waals surface area contributed by atoms with Crippen molar-refractivity contribution in [3.05, 3.63) is 36.0 Å². The molecule has 6 atom stereocenters. The number of aliphatic hydroxyl groups is 2. The van der Waals surface area contributed by atoms with E-state index in [-0.39, 0.29) is 23.6 Å².